The molecule has 4 aromatic carbocycles. The summed E-state index contributed by atoms with van der Waals surface area (Å²) in [6.07, 6.45) is -0.466. The molecule has 0 aliphatic rings. The van der Waals surface area contributed by atoms with Gasteiger partial charge in [0, 0.05) is 6.42 Å². The third kappa shape index (κ3) is 6.22. The number of nitrogens with one attached hydrogen (secondary N) is 1. The van der Waals surface area contributed by atoms with Gasteiger partial charge in [-0.25, -0.2) is 4.79 Å². The number of ether oxygens (including phenoxy) is 2. The fourth-order valence-corrected chi connectivity index (χ4v) is 3.98. The van der Waals surface area contributed by atoms with Gasteiger partial charge in [-0.1, -0.05) is 90.1 Å². The molecule has 0 aliphatic carbocycles. The molecule has 1 aromatic heterocycles. The van der Waals surface area contributed by atoms with Crippen LogP contribution in [0, 0.1) is 0 Å². The molecule has 5 rings (SSSR count). The highest BCUT2D eigenvalue weighted by atomic mass is 16.5. The first kappa shape index (κ1) is 24.7. The van der Waals surface area contributed by atoms with Crippen LogP contribution in [0.1, 0.15) is 21.5 Å². The number of hydrogen-bond acceptors (Lipinski definition) is 6. The molecular formula is C30H26N4O4. The van der Waals surface area contributed by atoms with E-state index in [2.05, 4.69) is 15.6 Å². The number of rotatable bonds is 9. The average Bonchev–Trinajstić information content (AvgIpc) is 3.40. The molecule has 0 saturated heterocycles. The summed E-state index contributed by atoms with van der Waals surface area (Å²) in [5.74, 6) is 0.290. The van der Waals surface area contributed by atoms with E-state index in [1.165, 1.54) is 4.68 Å². The molecule has 8 nitrogen and oxygen atoms in total. The number of nitrogens with zero attached hydrogens (tertiary/aromatic N) is 3. The van der Waals surface area contributed by atoms with Gasteiger partial charge in [0.05, 0.1) is 5.52 Å². The first-order chi connectivity index (χ1) is 18.7. The number of para-hydroxylation sites is 1. The van der Waals surface area contributed by atoms with Gasteiger partial charge in [0.2, 0.25) is 0 Å². The summed E-state index contributed by atoms with van der Waals surface area (Å²) in [6.45, 7) is 0.544. The topological polar surface area (TPSA) is 95.3 Å². The fraction of sp³-hybridized carbons (Fsp3) is 0.133. The number of aromatic nitrogens is 3. The van der Waals surface area contributed by atoms with Gasteiger partial charge in [0.25, 0.3) is 5.91 Å². The maximum Gasteiger partial charge on any atom is 0.408 e. The highest BCUT2D eigenvalue weighted by Gasteiger charge is 2.26. The van der Waals surface area contributed by atoms with Crippen LogP contribution in [0.5, 0.6) is 5.75 Å². The Bertz CT molecular complexity index is 1500. The number of carbonyl (C=O) groups is 2. The summed E-state index contributed by atoms with van der Waals surface area (Å²) in [4.78, 5) is 26.2. The van der Waals surface area contributed by atoms with Crippen molar-refractivity contribution in [2.75, 3.05) is 0 Å². The molecule has 190 valence electrons. The minimum Gasteiger partial charge on any atom is -0.489 e. The third-order valence-corrected chi connectivity index (χ3v) is 5.98. The lowest BCUT2D eigenvalue weighted by molar-refractivity contribution is 0.0824. The van der Waals surface area contributed by atoms with Crippen LogP contribution in [0.3, 0.4) is 0 Å². The van der Waals surface area contributed by atoms with Crippen molar-refractivity contribution in [3.63, 3.8) is 0 Å². The molecule has 0 radical (unpaired) electrons. The van der Waals surface area contributed by atoms with E-state index in [0.717, 1.165) is 16.7 Å². The van der Waals surface area contributed by atoms with Crippen LogP contribution >= 0.6 is 0 Å². The van der Waals surface area contributed by atoms with Gasteiger partial charge in [-0.2, -0.15) is 4.68 Å². The van der Waals surface area contributed by atoms with Crippen LogP contribution in [0.25, 0.3) is 11.0 Å². The number of alkyl carbamates (subject to hydrolysis) is 1. The average molecular weight is 507 g/mol. The monoisotopic (exact) mass is 506 g/mol. The molecule has 1 heterocycles. The van der Waals surface area contributed by atoms with Crippen LogP contribution in [0.15, 0.2) is 109 Å². The van der Waals surface area contributed by atoms with Crippen molar-refractivity contribution < 1.29 is 19.1 Å². The molecule has 1 N–H and O–H groups in total. The Balaban J connectivity index is 1.30. The minimum absolute atomic E-state index is 0.0906. The number of hydrogen-bond donors (Lipinski definition) is 1. The first-order valence-corrected chi connectivity index (χ1v) is 12.2. The summed E-state index contributed by atoms with van der Waals surface area (Å²) in [6, 6.07) is 32.9. The third-order valence-electron chi connectivity index (χ3n) is 5.98. The van der Waals surface area contributed by atoms with E-state index < -0.39 is 18.0 Å². The van der Waals surface area contributed by atoms with Crippen molar-refractivity contribution in [1.29, 1.82) is 0 Å². The SMILES string of the molecule is O=C(N[C@@H](Cc1ccc(OCc2ccccc2)cc1)C(=O)n1nnc2ccccc21)OCc1ccccc1. The lowest BCUT2D eigenvalue weighted by atomic mass is 10.1. The van der Waals surface area contributed by atoms with Crippen molar-refractivity contribution in [3.05, 3.63) is 126 Å². The minimum atomic E-state index is -0.931. The quantitative estimate of drug-likeness (QED) is 0.296. The lowest BCUT2D eigenvalue weighted by Gasteiger charge is -2.18. The van der Waals surface area contributed by atoms with Crippen LogP contribution in [-0.2, 0) is 24.4 Å². The lowest BCUT2D eigenvalue weighted by Crippen LogP contribution is -2.45. The number of benzene rings is 4. The Labute approximate surface area is 219 Å². The van der Waals surface area contributed by atoms with E-state index in [9.17, 15) is 9.59 Å². The maximum absolute atomic E-state index is 13.5. The van der Waals surface area contributed by atoms with Gasteiger partial charge in [-0.3, -0.25) is 4.79 Å². The van der Waals surface area contributed by atoms with Crippen molar-refractivity contribution in [3.8, 4) is 5.75 Å². The van der Waals surface area contributed by atoms with Gasteiger partial charge in [0.1, 0.15) is 30.5 Å². The molecule has 1 atom stereocenters. The number of amides is 1. The molecule has 0 fully saturated rings. The second-order valence-corrected chi connectivity index (χ2v) is 8.71. The molecular weight excluding hydrogens is 480 g/mol. The van der Waals surface area contributed by atoms with Crippen LogP contribution in [-0.4, -0.2) is 33.0 Å². The second kappa shape index (κ2) is 11.8. The molecule has 8 heteroatoms. The van der Waals surface area contributed by atoms with E-state index in [1.807, 2.05) is 91.0 Å². The number of carbonyl (C=O) groups excluding carboxylic acids is 2. The van der Waals surface area contributed by atoms with E-state index in [1.54, 1.807) is 18.2 Å². The van der Waals surface area contributed by atoms with E-state index in [4.69, 9.17) is 9.47 Å². The van der Waals surface area contributed by atoms with Gasteiger partial charge in [-0.05, 0) is 41.0 Å². The molecule has 0 aliphatic heterocycles. The highest BCUT2D eigenvalue weighted by Crippen LogP contribution is 2.17. The highest BCUT2D eigenvalue weighted by molar-refractivity contribution is 5.93. The summed E-state index contributed by atoms with van der Waals surface area (Å²) < 4.78 is 12.5. The zero-order valence-electron chi connectivity index (χ0n) is 20.6. The standard InChI is InChI=1S/C30H26N4O4/c35-29(34-28-14-8-7-13-26(28)32-33-34)27(31-30(36)38-21-24-11-5-2-6-12-24)19-22-15-17-25(18-16-22)37-20-23-9-3-1-4-10-23/h1-18,27H,19-21H2,(H,31,36)/t27-/m0/s1. The zero-order chi connectivity index (χ0) is 26.2. The summed E-state index contributed by atoms with van der Waals surface area (Å²) in [5, 5.41) is 10.8. The maximum atomic E-state index is 13.5. The molecule has 38 heavy (non-hydrogen) atoms. The van der Waals surface area contributed by atoms with Crippen molar-refractivity contribution >= 4 is 23.0 Å². The zero-order valence-corrected chi connectivity index (χ0v) is 20.6. The Morgan fingerprint density at radius 1 is 0.737 bits per heavy atom. The molecule has 0 saturated carbocycles. The molecule has 0 bridgehead atoms. The summed E-state index contributed by atoms with van der Waals surface area (Å²) >= 11 is 0. The van der Waals surface area contributed by atoms with Crippen molar-refractivity contribution in [2.45, 2.75) is 25.7 Å². The fourth-order valence-electron chi connectivity index (χ4n) is 3.98. The Hall–Kier alpha value is -4.98. The summed E-state index contributed by atoms with van der Waals surface area (Å²) in [5.41, 5.74) is 3.90. The van der Waals surface area contributed by atoms with Crippen molar-refractivity contribution in [2.24, 2.45) is 0 Å². The Kier molecular flexibility index (Phi) is 7.69. The molecule has 0 unspecified atom stereocenters. The van der Waals surface area contributed by atoms with Gasteiger partial charge >= 0.3 is 6.09 Å². The van der Waals surface area contributed by atoms with Gasteiger partial charge in [-0.15, -0.1) is 5.10 Å². The molecule has 1 amide bonds. The molecule has 5 aromatic rings. The predicted octanol–water partition coefficient (Wildman–Crippen LogP) is 5.19. The normalized spacial score (nSPS) is 11.6. The van der Waals surface area contributed by atoms with Gasteiger partial charge < -0.3 is 14.8 Å². The number of fused-ring (bicyclic) bond motifs is 1. The van der Waals surface area contributed by atoms with Crippen LogP contribution in [0.2, 0.25) is 0 Å². The first-order valence-electron chi connectivity index (χ1n) is 12.2. The Morgan fingerprint density at radius 2 is 1.37 bits per heavy atom. The smallest absolute Gasteiger partial charge is 0.408 e. The van der Waals surface area contributed by atoms with Gasteiger partial charge in [0.15, 0.2) is 0 Å². The van der Waals surface area contributed by atoms with Crippen LogP contribution < -0.4 is 10.1 Å². The Morgan fingerprint density at radius 3 is 2.08 bits per heavy atom. The predicted molar refractivity (Wildman–Crippen MR) is 143 cm³/mol. The largest absolute Gasteiger partial charge is 0.489 e. The van der Waals surface area contributed by atoms with E-state index in [-0.39, 0.29) is 13.0 Å². The van der Waals surface area contributed by atoms with E-state index in [0.29, 0.717) is 23.4 Å². The summed E-state index contributed by atoms with van der Waals surface area (Å²) in [7, 11) is 0. The van der Waals surface area contributed by atoms with Crippen molar-refractivity contribution in [1.82, 2.24) is 20.3 Å². The second-order valence-electron chi connectivity index (χ2n) is 8.71. The molecule has 0 spiro atoms. The van der Waals surface area contributed by atoms with Crippen LogP contribution in [0.4, 0.5) is 4.79 Å². The van der Waals surface area contributed by atoms with E-state index >= 15 is 0 Å².